The van der Waals surface area contributed by atoms with E-state index in [1.165, 1.54) is 24.3 Å². The standard InChI is InChI=1S/C12H9NO4/c13-6-2-1-3-8-4-5-9(11(14)15)7-10(8)12(16)17/h1,3-5,7H,2H2,(H,14,15)(H,16,17). The van der Waals surface area contributed by atoms with Crippen LogP contribution < -0.4 is 0 Å². The van der Waals surface area contributed by atoms with Crippen LogP contribution in [0, 0.1) is 11.3 Å². The third kappa shape index (κ3) is 3.18. The lowest BCUT2D eigenvalue weighted by atomic mass is 10.0. The Morgan fingerprint density at radius 1 is 1.29 bits per heavy atom. The monoisotopic (exact) mass is 231 g/mol. The predicted octanol–water partition coefficient (Wildman–Crippen LogP) is 2.01. The first-order valence-corrected chi connectivity index (χ1v) is 4.70. The van der Waals surface area contributed by atoms with Crippen LogP contribution in [-0.4, -0.2) is 22.2 Å². The third-order valence-electron chi connectivity index (χ3n) is 2.04. The van der Waals surface area contributed by atoms with Crippen LogP contribution in [-0.2, 0) is 0 Å². The van der Waals surface area contributed by atoms with Crippen LogP contribution in [0.15, 0.2) is 24.3 Å². The van der Waals surface area contributed by atoms with E-state index >= 15 is 0 Å². The molecule has 0 fully saturated rings. The summed E-state index contributed by atoms with van der Waals surface area (Å²) in [5.41, 5.74) is 0.191. The van der Waals surface area contributed by atoms with Crippen LogP contribution in [0.25, 0.3) is 6.08 Å². The molecule has 1 aromatic rings. The van der Waals surface area contributed by atoms with E-state index in [0.29, 0.717) is 5.56 Å². The molecule has 0 saturated carbocycles. The maximum Gasteiger partial charge on any atom is 0.336 e. The number of rotatable bonds is 4. The average Bonchev–Trinajstić information content (AvgIpc) is 2.29. The lowest BCUT2D eigenvalue weighted by Crippen LogP contribution is -2.04. The molecule has 0 radical (unpaired) electrons. The van der Waals surface area contributed by atoms with Gasteiger partial charge in [-0.2, -0.15) is 5.26 Å². The van der Waals surface area contributed by atoms with Crippen LogP contribution in [0.2, 0.25) is 0 Å². The zero-order chi connectivity index (χ0) is 12.8. The molecule has 0 atom stereocenters. The summed E-state index contributed by atoms with van der Waals surface area (Å²) in [6.45, 7) is 0. The first kappa shape index (κ1) is 12.5. The number of carboxylic acids is 2. The second-order valence-electron chi connectivity index (χ2n) is 3.18. The van der Waals surface area contributed by atoms with Gasteiger partial charge in [0.25, 0.3) is 0 Å². The summed E-state index contributed by atoms with van der Waals surface area (Å²) in [6, 6.07) is 5.71. The molecule has 0 saturated heterocycles. The highest BCUT2D eigenvalue weighted by atomic mass is 16.4. The van der Waals surface area contributed by atoms with Crippen LogP contribution in [0.4, 0.5) is 0 Å². The Kier molecular flexibility index (Phi) is 4.01. The van der Waals surface area contributed by atoms with Crippen molar-refractivity contribution in [3.8, 4) is 6.07 Å². The van der Waals surface area contributed by atoms with E-state index in [0.717, 1.165) is 6.07 Å². The molecule has 1 aromatic carbocycles. The Morgan fingerprint density at radius 3 is 2.53 bits per heavy atom. The number of nitrogens with zero attached hydrogens (tertiary/aromatic N) is 1. The van der Waals surface area contributed by atoms with Crippen LogP contribution in [0.3, 0.4) is 0 Å². The Morgan fingerprint density at radius 2 is 2.00 bits per heavy atom. The number of nitriles is 1. The zero-order valence-electron chi connectivity index (χ0n) is 8.75. The van der Waals surface area contributed by atoms with E-state index in [1.807, 2.05) is 6.07 Å². The first-order chi connectivity index (χ1) is 8.06. The fourth-order valence-electron chi connectivity index (χ4n) is 1.26. The van der Waals surface area contributed by atoms with Crippen molar-refractivity contribution in [3.05, 3.63) is 41.0 Å². The van der Waals surface area contributed by atoms with Crippen molar-refractivity contribution in [2.24, 2.45) is 0 Å². The summed E-state index contributed by atoms with van der Waals surface area (Å²) in [5.74, 6) is -2.38. The van der Waals surface area contributed by atoms with Crippen LogP contribution >= 0.6 is 0 Å². The fourth-order valence-corrected chi connectivity index (χ4v) is 1.26. The van der Waals surface area contributed by atoms with Crippen molar-refractivity contribution in [1.29, 1.82) is 5.26 Å². The average molecular weight is 231 g/mol. The van der Waals surface area contributed by atoms with Gasteiger partial charge in [-0.15, -0.1) is 0 Å². The summed E-state index contributed by atoms with van der Waals surface area (Å²) in [6.07, 6.45) is 3.17. The van der Waals surface area contributed by atoms with Crippen molar-refractivity contribution < 1.29 is 19.8 Å². The molecule has 5 heteroatoms. The summed E-state index contributed by atoms with van der Waals surface area (Å²) in [4.78, 5) is 21.6. The van der Waals surface area contributed by atoms with Gasteiger partial charge in [0.05, 0.1) is 23.6 Å². The zero-order valence-corrected chi connectivity index (χ0v) is 8.75. The number of carboxylic acid groups (broad SMARTS) is 2. The molecule has 0 spiro atoms. The predicted molar refractivity (Wildman–Crippen MR) is 59.6 cm³/mol. The van der Waals surface area contributed by atoms with Crippen molar-refractivity contribution in [2.75, 3.05) is 0 Å². The quantitative estimate of drug-likeness (QED) is 0.825. The number of allylic oxidation sites excluding steroid dienone is 1. The van der Waals surface area contributed by atoms with Crippen molar-refractivity contribution in [3.63, 3.8) is 0 Å². The molecule has 2 N–H and O–H groups in total. The summed E-state index contributed by atoms with van der Waals surface area (Å²) >= 11 is 0. The maximum atomic E-state index is 10.9. The summed E-state index contributed by atoms with van der Waals surface area (Å²) < 4.78 is 0. The lowest BCUT2D eigenvalue weighted by molar-refractivity contribution is 0.0695. The molecule has 0 aliphatic heterocycles. The molecule has 0 amide bonds. The fraction of sp³-hybridized carbons (Fsp3) is 0.0833. The van der Waals surface area contributed by atoms with Gasteiger partial charge in [-0.1, -0.05) is 18.2 Å². The van der Waals surface area contributed by atoms with Gasteiger partial charge < -0.3 is 10.2 Å². The van der Waals surface area contributed by atoms with Gasteiger partial charge in [-0.25, -0.2) is 9.59 Å². The maximum absolute atomic E-state index is 10.9. The molecule has 0 unspecified atom stereocenters. The Balaban J connectivity index is 3.18. The number of benzene rings is 1. The highest BCUT2D eigenvalue weighted by Gasteiger charge is 2.12. The molecule has 0 aromatic heterocycles. The minimum Gasteiger partial charge on any atom is -0.478 e. The summed E-state index contributed by atoms with van der Waals surface area (Å²) in [5, 5.41) is 26.0. The second kappa shape index (κ2) is 5.47. The lowest BCUT2D eigenvalue weighted by Gasteiger charge is -2.02. The van der Waals surface area contributed by atoms with E-state index in [2.05, 4.69) is 0 Å². The van der Waals surface area contributed by atoms with Gasteiger partial charge in [-0.3, -0.25) is 0 Å². The number of hydrogen-bond acceptors (Lipinski definition) is 3. The molecule has 86 valence electrons. The van der Waals surface area contributed by atoms with E-state index in [9.17, 15) is 9.59 Å². The topological polar surface area (TPSA) is 98.4 Å². The number of aromatic carboxylic acids is 2. The molecular formula is C12H9NO4. The van der Waals surface area contributed by atoms with Crippen molar-refractivity contribution in [2.45, 2.75) is 6.42 Å². The van der Waals surface area contributed by atoms with Gasteiger partial charge in [0.15, 0.2) is 0 Å². The largest absolute Gasteiger partial charge is 0.478 e. The third-order valence-corrected chi connectivity index (χ3v) is 2.04. The second-order valence-corrected chi connectivity index (χ2v) is 3.18. The molecule has 0 bridgehead atoms. The smallest absolute Gasteiger partial charge is 0.336 e. The van der Waals surface area contributed by atoms with Gasteiger partial charge in [0.1, 0.15) is 0 Å². The molecule has 5 nitrogen and oxygen atoms in total. The Hall–Kier alpha value is -2.61. The molecular weight excluding hydrogens is 222 g/mol. The van der Waals surface area contributed by atoms with Crippen molar-refractivity contribution >= 4 is 18.0 Å². The number of hydrogen-bond donors (Lipinski definition) is 2. The van der Waals surface area contributed by atoms with Gasteiger partial charge in [0, 0.05) is 0 Å². The molecule has 17 heavy (non-hydrogen) atoms. The van der Waals surface area contributed by atoms with E-state index in [1.54, 1.807) is 0 Å². The first-order valence-electron chi connectivity index (χ1n) is 4.70. The van der Waals surface area contributed by atoms with E-state index in [-0.39, 0.29) is 17.5 Å². The minimum atomic E-state index is -1.20. The normalized spacial score (nSPS) is 10.1. The highest BCUT2D eigenvalue weighted by Crippen LogP contribution is 2.14. The van der Waals surface area contributed by atoms with E-state index < -0.39 is 11.9 Å². The molecule has 0 aliphatic carbocycles. The van der Waals surface area contributed by atoms with Crippen LogP contribution in [0.1, 0.15) is 32.7 Å². The molecule has 0 heterocycles. The Labute approximate surface area is 97.2 Å². The van der Waals surface area contributed by atoms with Crippen LogP contribution in [0.5, 0.6) is 0 Å². The van der Waals surface area contributed by atoms with E-state index in [4.69, 9.17) is 15.5 Å². The molecule has 0 aliphatic rings. The van der Waals surface area contributed by atoms with Gasteiger partial charge in [0.2, 0.25) is 0 Å². The minimum absolute atomic E-state index is 0.0835. The molecule has 1 rings (SSSR count). The number of carbonyl (C=O) groups is 2. The van der Waals surface area contributed by atoms with Crippen molar-refractivity contribution in [1.82, 2.24) is 0 Å². The SMILES string of the molecule is N#CCC=Cc1ccc(C(=O)O)cc1C(=O)O. The highest BCUT2D eigenvalue weighted by molar-refractivity contribution is 5.96. The Bertz CT molecular complexity index is 526. The van der Waals surface area contributed by atoms with Gasteiger partial charge in [-0.05, 0) is 17.7 Å². The van der Waals surface area contributed by atoms with Gasteiger partial charge >= 0.3 is 11.9 Å². The summed E-state index contributed by atoms with van der Waals surface area (Å²) in [7, 11) is 0.